The second kappa shape index (κ2) is 17.6. The van der Waals surface area contributed by atoms with Gasteiger partial charge in [0.1, 0.15) is 18.2 Å². The Morgan fingerprint density at radius 1 is 0.292 bits per heavy atom. The Balaban J connectivity index is 1.17. The third kappa shape index (κ3) is 7.49. The topological polar surface area (TPSA) is 198 Å². The van der Waals surface area contributed by atoms with Crippen LogP contribution in [0, 0.1) is 45.3 Å². The molecule has 72 heavy (non-hydrogen) atoms. The Hall–Kier alpha value is -10.9. The predicted molar refractivity (Wildman–Crippen MR) is 275 cm³/mol. The number of pyridine rings is 8. The van der Waals surface area contributed by atoms with Crippen LogP contribution in [-0.2, 0) is 0 Å². The molecule has 0 atom stereocenters. The second-order valence-electron chi connectivity index (χ2n) is 16.9. The standard InChI is InChI=1S/C60H30N12/c61-25-35-17-18-68-58(22-35)57-12-4-11-56(72-57)49-24-48(55-10-3-7-52(71-55)41-21-38(28-64)31-67-34-41)44-14-13-42-46(53-8-1-5-50(69-53)39-19-36(26-62)29-65-32-39)23-47(43-15-16-45(49)60(44)59(42)43)54-9-2-6-51(70-54)40-20-37(27-63)30-66-33-40/h1-24,29-34H. The van der Waals surface area contributed by atoms with Crippen LogP contribution in [0.1, 0.15) is 22.3 Å². The molecule has 12 rings (SSSR count). The van der Waals surface area contributed by atoms with Gasteiger partial charge in [-0.2, -0.15) is 21.0 Å². The van der Waals surface area contributed by atoms with Gasteiger partial charge in [-0.25, -0.2) is 19.9 Å². The van der Waals surface area contributed by atoms with Gasteiger partial charge in [0, 0.05) is 82.3 Å². The van der Waals surface area contributed by atoms with Crippen LogP contribution in [0.25, 0.3) is 123 Å². The van der Waals surface area contributed by atoms with Gasteiger partial charge in [0.15, 0.2) is 0 Å². The molecule has 0 unspecified atom stereocenters. The van der Waals surface area contributed by atoms with Crippen LogP contribution in [0.4, 0.5) is 0 Å². The Labute approximate surface area is 411 Å². The summed E-state index contributed by atoms with van der Waals surface area (Å²) in [6.45, 7) is 0. The van der Waals surface area contributed by atoms with Crippen molar-refractivity contribution in [1.29, 1.82) is 21.0 Å². The molecule has 12 aromatic rings. The lowest BCUT2D eigenvalue weighted by Gasteiger charge is -2.21. The Bertz CT molecular complexity index is 3810. The quantitative estimate of drug-likeness (QED) is 0.131. The number of rotatable bonds is 8. The van der Waals surface area contributed by atoms with Gasteiger partial charge >= 0.3 is 0 Å². The van der Waals surface area contributed by atoms with E-state index in [1.165, 1.54) is 18.6 Å². The Morgan fingerprint density at radius 3 is 0.986 bits per heavy atom. The highest BCUT2D eigenvalue weighted by Gasteiger charge is 2.23. The summed E-state index contributed by atoms with van der Waals surface area (Å²) < 4.78 is 0. The SMILES string of the molecule is N#Cc1cncc(-c2cccc(-c3cc(-c4cccc(-c5cncc(C#N)c5)n4)c4ccc5c(-c6cccc(-c7cc(C#N)ccn7)n6)cc(-c6cccc(-c7cncc(C#N)c7)n6)c6ccc3c4c65)n2)c1. The fourth-order valence-electron chi connectivity index (χ4n) is 9.37. The maximum atomic E-state index is 9.75. The molecule has 4 aromatic carbocycles. The van der Waals surface area contributed by atoms with E-state index in [4.69, 9.17) is 19.9 Å². The van der Waals surface area contributed by atoms with Crippen LogP contribution in [0.5, 0.6) is 0 Å². The number of aromatic nitrogens is 8. The largest absolute Gasteiger partial charge is 0.263 e. The molecule has 0 amide bonds. The van der Waals surface area contributed by atoms with E-state index in [1.807, 2.05) is 72.8 Å². The van der Waals surface area contributed by atoms with E-state index in [0.29, 0.717) is 90.2 Å². The van der Waals surface area contributed by atoms with Crippen molar-refractivity contribution >= 4 is 32.3 Å². The third-order valence-electron chi connectivity index (χ3n) is 12.6. The van der Waals surface area contributed by atoms with Gasteiger partial charge in [0.05, 0.1) is 79.6 Å². The van der Waals surface area contributed by atoms with Gasteiger partial charge in [-0.15, -0.1) is 0 Å². The normalized spacial score (nSPS) is 11.0. The van der Waals surface area contributed by atoms with Crippen LogP contribution in [0.15, 0.2) is 183 Å². The fraction of sp³-hybridized carbons (Fsp3) is 0. The molecule has 0 saturated heterocycles. The van der Waals surface area contributed by atoms with E-state index < -0.39 is 0 Å². The lowest BCUT2D eigenvalue weighted by molar-refractivity contribution is 1.24. The molecule has 0 saturated carbocycles. The fourth-order valence-corrected chi connectivity index (χ4v) is 9.37. The third-order valence-corrected chi connectivity index (χ3v) is 12.6. The molecule has 0 aliphatic carbocycles. The summed E-state index contributed by atoms with van der Waals surface area (Å²) in [5.41, 5.74) is 13.2. The zero-order chi connectivity index (χ0) is 48.7. The Morgan fingerprint density at radius 2 is 0.625 bits per heavy atom. The van der Waals surface area contributed by atoms with Crippen molar-refractivity contribution in [2.24, 2.45) is 0 Å². The molecular weight excluding hydrogens is 889 g/mol. The summed E-state index contributed by atoms with van der Waals surface area (Å²) in [6.07, 6.45) is 11.3. The number of nitriles is 4. The first-order valence-electron chi connectivity index (χ1n) is 22.6. The van der Waals surface area contributed by atoms with E-state index in [2.05, 4.69) is 80.6 Å². The van der Waals surface area contributed by atoms with Gasteiger partial charge < -0.3 is 0 Å². The van der Waals surface area contributed by atoms with Crippen LogP contribution in [0.3, 0.4) is 0 Å². The first kappa shape index (κ1) is 42.4. The van der Waals surface area contributed by atoms with Crippen molar-refractivity contribution in [1.82, 2.24) is 39.9 Å². The molecule has 0 fully saturated rings. The zero-order valence-electron chi connectivity index (χ0n) is 37.7. The highest BCUT2D eigenvalue weighted by atomic mass is 14.8. The number of hydrogen-bond acceptors (Lipinski definition) is 12. The van der Waals surface area contributed by atoms with Crippen LogP contribution >= 0.6 is 0 Å². The molecule has 330 valence electrons. The van der Waals surface area contributed by atoms with Crippen LogP contribution in [-0.4, -0.2) is 39.9 Å². The molecule has 0 aliphatic rings. The van der Waals surface area contributed by atoms with E-state index >= 15 is 0 Å². The van der Waals surface area contributed by atoms with E-state index in [-0.39, 0.29) is 0 Å². The lowest BCUT2D eigenvalue weighted by Crippen LogP contribution is -1.98. The molecule has 0 spiro atoms. The highest BCUT2D eigenvalue weighted by molar-refractivity contribution is 6.31. The Kier molecular flexibility index (Phi) is 10.4. The smallest absolute Gasteiger partial charge is 0.101 e. The van der Waals surface area contributed by atoms with Crippen LogP contribution in [0.2, 0.25) is 0 Å². The van der Waals surface area contributed by atoms with Gasteiger partial charge in [0.2, 0.25) is 0 Å². The number of nitrogens with zero attached hydrogens (tertiary/aromatic N) is 12. The summed E-state index contributed by atoms with van der Waals surface area (Å²) >= 11 is 0. The molecule has 8 heterocycles. The average molecular weight is 919 g/mol. The summed E-state index contributed by atoms with van der Waals surface area (Å²) in [7, 11) is 0. The minimum absolute atomic E-state index is 0.428. The van der Waals surface area contributed by atoms with Crippen molar-refractivity contribution in [3.05, 3.63) is 205 Å². The summed E-state index contributed by atoms with van der Waals surface area (Å²) in [6, 6.07) is 53.7. The number of hydrogen-bond donors (Lipinski definition) is 0. The number of benzene rings is 4. The molecule has 0 radical (unpaired) electrons. The summed E-state index contributed by atoms with van der Waals surface area (Å²) in [5, 5.41) is 44.6. The monoisotopic (exact) mass is 918 g/mol. The molecule has 0 bridgehead atoms. The van der Waals surface area contributed by atoms with E-state index in [9.17, 15) is 21.0 Å². The second-order valence-corrected chi connectivity index (χ2v) is 16.9. The molecule has 0 N–H and O–H groups in total. The molecule has 0 aliphatic heterocycles. The molecule has 8 aromatic heterocycles. The van der Waals surface area contributed by atoms with Gasteiger partial charge in [-0.3, -0.25) is 19.9 Å². The molecular formula is C60H30N12. The first-order chi connectivity index (χ1) is 35.5. The molecule has 12 nitrogen and oxygen atoms in total. The molecule has 12 heteroatoms. The van der Waals surface area contributed by atoms with Crippen molar-refractivity contribution in [2.75, 3.05) is 0 Å². The average Bonchev–Trinajstić information content (AvgIpc) is 3.46. The summed E-state index contributed by atoms with van der Waals surface area (Å²) in [4.78, 5) is 38.5. The highest BCUT2D eigenvalue weighted by Crippen LogP contribution is 2.48. The minimum Gasteiger partial charge on any atom is -0.263 e. The van der Waals surface area contributed by atoms with Gasteiger partial charge in [0.25, 0.3) is 0 Å². The summed E-state index contributed by atoms with van der Waals surface area (Å²) in [5.74, 6) is 0. The maximum Gasteiger partial charge on any atom is 0.101 e. The van der Waals surface area contributed by atoms with Gasteiger partial charge in [-0.1, -0.05) is 48.5 Å². The van der Waals surface area contributed by atoms with Gasteiger partial charge in [-0.05, 0) is 123 Å². The predicted octanol–water partition coefficient (Wildman–Crippen LogP) is 12.6. The minimum atomic E-state index is 0.428. The van der Waals surface area contributed by atoms with Crippen molar-refractivity contribution < 1.29 is 0 Å². The lowest BCUT2D eigenvalue weighted by atomic mass is 9.83. The van der Waals surface area contributed by atoms with E-state index in [1.54, 1.807) is 55.1 Å². The van der Waals surface area contributed by atoms with Crippen LogP contribution < -0.4 is 0 Å². The first-order valence-corrected chi connectivity index (χ1v) is 22.6. The maximum absolute atomic E-state index is 9.75. The van der Waals surface area contributed by atoms with E-state index in [0.717, 1.165) is 54.6 Å². The zero-order valence-corrected chi connectivity index (χ0v) is 37.7. The van der Waals surface area contributed by atoms with Crippen molar-refractivity contribution in [2.45, 2.75) is 0 Å². The van der Waals surface area contributed by atoms with Crippen molar-refractivity contribution in [3.63, 3.8) is 0 Å². The van der Waals surface area contributed by atoms with Crippen molar-refractivity contribution in [3.8, 4) is 114 Å².